The average Bonchev–Trinajstić information content (AvgIpc) is 1.97. The summed E-state index contributed by atoms with van der Waals surface area (Å²) in [6, 6.07) is 0. The average molecular weight is 217 g/mol. The second-order valence-electron chi connectivity index (χ2n) is 2.68. The molecule has 1 N–H and O–H groups in total. The van der Waals surface area contributed by atoms with E-state index in [0.717, 1.165) is 26.0 Å². The third-order valence-corrected chi connectivity index (χ3v) is 3.10. The van der Waals surface area contributed by atoms with Gasteiger partial charge in [-0.25, -0.2) is 0 Å². The zero-order valence-electron chi connectivity index (χ0n) is 6.85. The molecular weight excluding hydrogens is 206 g/mol. The van der Waals surface area contributed by atoms with E-state index in [2.05, 4.69) is 15.9 Å². The first-order valence-electron chi connectivity index (χ1n) is 3.41. The number of hydrogen-bond donors (Lipinski definition) is 1. The maximum atomic E-state index is 9.30. The highest BCUT2D eigenvalue weighted by molar-refractivity contribution is 9.10. The molecule has 1 rings (SSSR count). The molecule has 0 aliphatic carbocycles. The fourth-order valence-corrected chi connectivity index (χ4v) is 1.35. The van der Waals surface area contributed by atoms with Crippen LogP contribution in [0.4, 0.5) is 0 Å². The summed E-state index contributed by atoms with van der Waals surface area (Å²) in [4.78, 5) is 0. The molecule has 1 aromatic heterocycles. The lowest BCUT2D eigenvalue weighted by Gasteiger charge is -2.00. The lowest BCUT2D eigenvalue weighted by Crippen LogP contribution is -2.34. The van der Waals surface area contributed by atoms with Crippen molar-refractivity contribution < 1.29 is 9.94 Å². The van der Waals surface area contributed by atoms with Crippen molar-refractivity contribution in [2.45, 2.75) is 20.8 Å². The molecular formula is C8H11BrNO+. The maximum Gasteiger partial charge on any atom is 0.235 e. The molecule has 0 atom stereocenters. The third-order valence-electron chi connectivity index (χ3n) is 1.88. The molecule has 0 saturated carbocycles. The summed E-state index contributed by atoms with van der Waals surface area (Å²) in [7, 11) is 0. The van der Waals surface area contributed by atoms with Gasteiger partial charge in [0.1, 0.15) is 0 Å². The molecule has 0 bridgehead atoms. The molecule has 0 radical (unpaired) electrons. The quantitative estimate of drug-likeness (QED) is 0.520. The zero-order valence-corrected chi connectivity index (χ0v) is 8.44. The predicted octanol–water partition coefficient (Wildman–Crippen LogP) is 1.90. The van der Waals surface area contributed by atoms with Crippen molar-refractivity contribution >= 4 is 15.9 Å². The lowest BCUT2D eigenvalue weighted by molar-refractivity contribution is -0.909. The second-order valence-corrected chi connectivity index (χ2v) is 3.47. The number of rotatable bonds is 0. The van der Waals surface area contributed by atoms with Crippen LogP contribution in [0.25, 0.3) is 0 Å². The van der Waals surface area contributed by atoms with Gasteiger partial charge in [0.05, 0.1) is 0 Å². The Morgan fingerprint density at radius 3 is 2.45 bits per heavy atom. The van der Waals surface area contributed by atoms with Crippen LogP contribution >= 0.6 is 15.9 Å². The second kappa shape index (κ2) is 2.81. The van der Waals surface area contributed by atoms with E-state index in [9.17, 15) is 5.21 Å². The molecule has 1 aromatic rings. The summed E-state index contributed by atoms with van der Waals surface area (Å²) in [6.45, 7) is 5.79. The van der Waals surface area contributed by atoms with Gasteiger partial charge in [0, 0.05) is 27.3 Å². The monoisotopic (exact) mass is 216 g/mol. The van der Waals surface area contributed by atoms with Crippen LogP contribution in [-0.4, -0.2) is 5.21 Å². The molecule has 2 nitrogen and oxygen atoms in total. The molecule has 0 spiro atoms. The summed E-state index contributed by atoms with van der Waals surface area (Å²) in [5.41, 5.74) is 2.98. The Balaban J connectivity index is 3.46. The molecule has 0 aromatic carbocycles. The van der Waals surface area contributed by atoms with Gasteiger partial charge in [0.15, 0.2) is 0 Å². The summed E-state index contributed by atoms with van der Waals surface area (Å²) in [6.07, 6.45) is 1.69. The van der Waals surface area contributed by atoms with Crippen molar-refractivity contribution in [3.63, 3.8) is 0 Å². The Labute approximate surface area is 74.6 Å². The Kier molecular flexibility index (Phi) is 2.18. The van der Waals surface area contributed by atoms with E-state index in [4.69, 9.17) is 0 Å². The molecule has 0 amide bonds. The van der Waals surface area contributed by atoms with Crippen LogP contribution in [0.3, 0.4) is 0 Å². The molecule has 0 aliphatic heterocycles. The topological polar surface area (TPSA) is 24.1 Å². The van der Waals surface area contributed by atoms with Gasteiger partial charge in [-0.15, -0.1) is 0 Å². The first-order valence-corrected chi connectivity index (χ1v) is 4.20. The van der Waals surface area contributed by atoms with E-state index in [-0.39, 0.29) is 0 Å². The van der Waals surface area contributed by atoms with E-state index >= 15 is 0 Å². The highest BCUT2D eigenvalue weighted by Crippen LogP contribution is 2.19. The smallest absolute Gasteiger partial charge is 0.235 e. The van der Waals surface area contributed by atoms with E-state index in [0.29, 0.717) is 0 Å². The van der Waals surface area contributed by atoms with Crippen LogP contribution in [0.5, 0.6) is 0 Å². The van der Waals surface area contributed by atoms with E-state index < -0.39 is 0 Å². The zero-order chi connectivity index (χ0) is 8.59. The minimum Gasteiger partial charge on any atom is -0.285 e. The number of halogens is 1. The molecule has 0 aliphatic rings. The Morgan fingerprint density at radius 2 is 1.91 bits per heavy atom. The van der Waals surface area contributed by atoms with Crippen molar-refractivity contribution in [3.05, 3.63) is 27.5 Å². The van der Waals surface area contributed by atoms with Gasteiger partial charge >= 0.3 is 0 Å². The molecule has 3 heteroatoms. The van der Waals surface area contributed by atoms with Crippen molar-refractivity contribution in [1.82, 2.24) is 0 Å². The van der Waals surface area contributed by atoms with E-state index in [1.54, 1.807) is 6.20 Å². The van der Waals surface area contributed by atoms with Crippen LogP contribution in [0.1, 0.15) is 16.8 Å². The van der Waals surface area contributed by atoms with Crippen molar-refractivity contribution in [1.29, 1.82) is 0 Å². The van der Waals surface area contributed by atoms with Gasteiger partial charge in [-0.05, 0) is 29.8 Å². The number of aromatic nitrogens is 1. The van der Waals surface area contributed by atoms with Crippen LogP contribution in [-0.2, 0) is 0 Å². The van der Waals surface area contributed by atoms with E-state index in [1.165, 1.54) is 0 Å². The third kappa shape index (κ3) is 1.38. The summed E-state index contributed by atoms with van der Waals surface area (Å²) >= 11 is 3.44. The Bertz CT molecular complexity index is 270. The number of nitrogens with zero attached hydrogens (tertiary/aromatic N) is 1. The Hall–Kier alpha value is -0.570. The highest BCUT2D eigenvalue weighted by atomic mass is 79.9. The number of pyridine rings is 1. The van der Waals surface area contributed by atoms with Crippen molar-refractivity contribution in [3.8, 4) is 0 Å². The molecule has 60 valence electrons. The standard InChI is InChI=1S/C8H11BrNO/c1-5-4-10(11)7(3)6(2)8(5)9/h4,11H,1-3H3/q+1. The molecule has 11 heavy (non-hydrogen) atoms. The normalized spacial score (nSPS) is 10.2. The van der Waals surface area contributed by atoms with Crippen LogP contribution < -0.4 is 4.73 Å². The number of hydrogen-bond acceptors (Lipinski definition) is 1. The summed E-state index contributed by atoms with van der Waals surface area (Å²) in [5, 5.41) is 9.30. The fraction of sp³-hybridized carbons (Fsp3) is 0.375. The van der Waals surface area contributed by atoms with Gasteiger partial charge in [-0.3, -0.25) is 5.21 Å². The first kappa shape index (κ1) is 8.53. The van der Waals surface area contributed by atoms with Gasteiger partial charge in [-0.1, -0.05) is 0 Å². The number of aryl methyl sites for hydroxylation is 1. The van der Waals surface area contributed by atoms with E-state index in [1.807, 2.05) is 20.8 Å². The van der Waals surface area contributed by atoms with Gasteiger partial charge in [0.25, 0.3) is 0 Å². The first-order chi connectivity index (χ1) is 5.04. The van der Waals surface area contributed by atoms with Crippen LogP contribution in [0.15, 0.2) is 10.7 Å². The SMILES string of the molecule is Cc1c[n+](O)c(C)c(C)c1Br. The molecule has 0 fully saturated rings. The van der Waals surface area contributed by atoms with Gasteiger partial charge in [-0.2, -0.15) is 0 Å². The predicted molar refractivity (Wildman–Crippen MR) is 45.7 cm³/mol. The molecule has 0 unspecified atom stereocenters. The maximum absolute atomic E-state index is 9.30. The van der Waals surface area contributed by atoms with Crippen LogP contribution in [0, 0.1) is 20.8 Å². The summed E-state index contributed by atoms with van der Waals surface area (Å²) in [5.74, 6) is 0. The highest BCUT2D eigenvalue weighted by Gasteiger charge is 2.13. The lowest BCUT2D eigenvalue weighted by atomic mass is 10.2. The van der Waals surface area contributed by atoms with Crippen LogP contribution in [0.2, 0.25) is 0 Å². The van der Waals surface area contributed by atoms with Gasteiger partial charge in [0.2, 0.25) is 11.9 Å². The molecule has 0 saturated heterocycles. The van der Waals surface area contributed by atoms with Crippen molar-refractivity contribution in [2.75, 3.05) is 0 Å². The minimum absolute atomic E-state index is 0.863. The van der Waals surface area contributed by atoms with Gasteiger partial charge < -0.3 is 0 Å². The largest absolute Gasteiger partial charge is 0.285 e. The van der Waals surface area contributed by atoms with Crippen molar-refractivity contribution in [2.24, 2.45) is 0 Å². The molecule has 1 heterocycles. The minimum atomic E-state index is 0.863. The Morgan fingerprint density at radius 1 is 1.36 bits per heavy atom. The fourth-order valence-electron chi connectivity index (χ4n) is 0.963. The summed E-state index contributed by atoms with van der Waals surface area (Å²) < 4.78 is 2.22.